The van der Waals surface area contributed by atoms with Gasteiger partial charge in [0.15, 0.2) is 0 Å². The van der Waals surface area contributed by atoms with Gasteiger partial charge in [0.05, 0.1) is 6.07 Å². The maximum absolute atomic E-state index is 13.7. The molecule has 0 aliphatic carbocycles. The molecule has 1 rings (SSSR count). The van der Waals surface area contributed by atoms with Crippen LogP contribution in [0.5, 0.6) is 0 Å². The number of ether oxygens (including phenoxy) is 1. The molecule has 1 aromatic rings. The Kier molecular flexibility index (Phi) is 10.7. The molecule has 1 aromatic carbocycles. The zero-order valence-corrected chi connectivity index (χ0v) is 21.6. The lowest BCUT2D eigenvalue weighted by molar-refractivity contribution is -0.142. The Morgan fingerprint density at radius 2 is 1.74 bits per heavy atom. The van der Waals surface area contributed by atoms with Gasteiger partial charge in [-0.2, -0.15) is 5.26 Å². The summed E-state index contributed by atoms with van der Waals surface area (Å²) in [4.78, 5) is 51.9. The number of nitrogens with one attached hydrogen (secondary N) is 2. The number of hydrogen-bond donors (Lipinski definition) is 3. The Labute approximate surface area is 207 Å². The van der Waals surface area contributed by atoms with Gasteiger partial charge in [0.1, 0.15) is 24.2 Å². The first-order chi connectivity index (χ1) is 16.2. The van der Waals surface area contributed by atoms with Crippen LogP contribution >= 0.6 is 0 Å². The number of aryl methyl sites for hydroxylation is 2. The SMILES string of the molecule is Cc1ccc(C(C(=O)NC(C)C)N(CC#N)C(=O)C(CCC(N)=O)NC(=O)OC(C)(C)C)cc1C. The smallest absolute Gasteiger partial charge is 0.408 e. The number of rotatable bonds is 10. The van der Waals surface area contributed by atoms with Crippen molar-refractivity contribution in [1.82, 2.24) is 15.5 Å². The number of carbonyl (C=O) groups excluding carboxylic acids is 4. The van der Waals surface area contributed by atoms with E-state index in [1.54, 1.807) is 46.8 Å². The molecule has 4 amide bonds. The normalized spacial score (nSPS) is 12.8. The number of alkyl carbamates (subject to hydrolysis) is 1. The van der Waals surface area contributed by atoms with Crippen molar-refractivity contribution in [2.75, 3.05) is 6.54 Å². The molecule has 35 heavy (non-hydrogen) atoms. The Morgan fingerprint density at radius 3 is 2.23 bits per heavy atom. The fourth-order valence-electron chi connectivity index (χ4n) is 3.34. The minimum atomic E-state index is -1.24. The average Bonchev–Trinajstić information content (AvgIpc) is 2.70. The van der Waals surface area contributed by atoms with Gasteiger partial charge in [-0.25, -0.2) is 4.79 Å². The summed E-state index contributed by atoms with van der Waals surface area (Å²) in [6.45, 7) is 11.9. The molecule has 0 bridgehead atoms. The molecule has 10 nitrogen and oxygen atoms in total. The number of hydrogen-bond acceptors (Lipinski definition) is 6. The van der Waals surface area contributed by atoms with Crippen molar-refractivity contribution in [2.24, 2.45) is 5.73 Å². The molecule has 0 saturated carbocycles. The summed E-state index contributed by atoms with van der Waals surface area (Å²) >= 11 is 0. The second kappa shape index (κ2) is 12.7. The van der Waals surface area contributed by atoms with Gasteiger partial charge in [-0.05, 0) is 71.6 Å². The molecule has 0 aliphatic heterocycles. The monoisotopic (exact) mass is 487 g/mol. The van der Waals surface area contributed by atoms with Crippen LogP contribution in [0.3, 0.4) is 0 Å². The number of nitrogens with zero attached hydrogens (tertiary/aromatic N) is 2. The highest BCUT2D eigenvalue weighted by molar-refractivity contribution is 5.92. The molecule has 0 fully saturated rings. The summed E-state index contributed by atoms with van der Waals surface area (Å²) in [7, 11) is 0. The third kappa shape index (κ3) is 9.65. The molecule has 192 valence electrons. The molecule has 10 heteroatoms. The molecule has 0 heterocycles. The van der Waals surface area contributed by atoms with Crippen LogP contribution in [0.1, 0.15) is 70.2 Å². The molecular formula is C25H37N5O5. The summed E-state index contributed by atoms with van der Waals surface area (Å²) < 4.78 is 5.26. The van der Waals surface area contributed by atoms with Crippen molar-refractivity contribution in [3.8, 4) is 6.07 Å². The van der Waals surface area contributed by atoms with Crippen LogP contribution in [0.15, 0.2) is 18.2 Å². The van der Waals surface area contributed by atoms with E-state index in [2.05, 4.69) is 10.6 Å². The van der Waals surface area contributed by atoms with Gasteiger partial charge >= 0.3 is 6.09 Å². The largest absolute Gasteiger partial charge is 0.444 e. The van der Waals surface area contributed by atoms with Crippen molar-refractivity contribution in [2.45, 2.75) is 85.0 Å². The lowest BCUT2D eigenvalue weighted by Crippen LogP contribution is -2.53. The Morgan fingerprint density at radius 1 is 1.11 bits per heavy atom. The standard InChI is InChI=1S/C25H37N5O5/c1-15(2)28-22(32)21(18-9-8-16(3)17(4)14-18)30(13-12-26)23(33)19(10-11-20(27)31)29-24(34)35-25(5,6)7/h8-9,14-15,19,21H,10-11,13H2,1-7H3,(H2,27,31)(H,28,32)(H,29,34). The van der Waals surface area contributed by atoms with Gasteiger partial charge < -0.3 is 26.0 Å². The van der Waals surface area contributed by atoms with Crippen LogP contribution in [0, 0.1) is 25.2 Å². The minimum absolute atomic E-state index is 0.124. The number of nitriles is 1. The van der Waals surface area contributed by atoms with Crippen molar-refractivity contribution in [3.05, 3.63) is 34.9 Å². The van der Waals surface area contributed by atoms with E-state index in [0.717, 1.165) is 16.0 Å². The van der Waals surface area contributed by atoms with Gasteiger partial charge in [-0.3, -0.25) is 14.4 Å². The fourth-order valence-corrected chi connectivity index (χ4v) is 3.34. The third-order valence-electron chi connectivity index (χ3n) is 5.03. The van der Waals surface area contributed by atoms with E-state index < -0.39 is 48.0 Å². The van der Waals surface area contributed by atoms with Crippen LogP contribution in [-0.4, -0.2) is 52.9 Å². The third-order valence-corrected chi connectivity index (χ3v) is 5.03. The van der Waals surface area contributed by atoms with Crippen molar-refractivity contribution in [3.63, 3.8) is 0 Å². The Balaban J connectivity index is 3.49. The van der Waals surface area contributed by atoms with Crippen LogP contribution in [0.2, 0.25) is 0 Å². The van der Waals surface area contributed by atoms with E-state index in [0.29, 0.717) is 5.56 Å². The topological polar surface area (TPSA) is 155 Å². The fraction of sp³-hybridized carbons (Fsp3) is 0.560. The van der Waals surface area contributed by atoms with Gasteiger partial charge in [-0.15, -0.1) is 0 Å². The highest BCUT2D eigenvalue weighted by atomic mass is 16.6. The van der Waals surface area contributed by atoms with Crippen LogP contribution in [0.25, 0.3) is 0 Å². The van der Waals surface area contributed by atoms with Gasteiger partial charge in [0.2, 0.25) is 17.7 Å². The summed E-state index contributed by atoms with van der Waals surface area (Å²) in [6.07, 6.45) is -1.19. The molecule has 0 saturated heterocycles. The van der Waals surface area contributed by atoms with Gasteiger partial charge in [0.25, 0.3) is 0 Å². The summed E-state index contributed by atoms with van der Waals surface area (Å²) in [5.41, 5.74) is 6.87. The zero-order chi connectivity index (χ0) is 26.9. The molecule has 4 N–H and O–H groups in total. The molecule has 2 unspecified atom stereocenters. The molecule has 0 aromatic heterocycles. The Bertz CT molecular complexity index is 977. The summed E-state index contributed by atoms with van der Waals surface area (Å²) in [5, 5.41) is 14.8. The second-order valence-corrected chi connectivity index (χ2v) is 9.74. The summed E-state index contributed by atoms with van der Waals surface area (Å²) in [5.74, 6) is -1.84. The number of amides is 4. The van der Waals surface area contributed by atoms with E-state index >= 15 is 0 Å². The van der Waals surface area contributed by atoms with E-state index in [1.807, 2.05) is 26.0 Å². The molecule has 2 atom stereocenters. The van der Waals surface area contributed by atoms with Crippen LogP contribution in [0.4, 0.5) is 4.79 Å². The number of benzene rings is 1. The maximum atomic E-state index is 13.7. The number of nitrogens with two attached hydrogens (primary N) is 1. The average molecular weight is 488 g/mol. The van der Waals surface area contributed by atoms with Crippen LogP contribution < -0.4 is 16.4 Å². The van der Waals surface area contributed by atoms with E-state index in [4.69, 9.17) is 10.5 Å². The first-order valence-corrected chi connectivity index (χ1v) is 11.5. The molecule has 0 radical (unpaired) electrons. The second-order valence-electron chi connectivity index (χ2n) is 9.74. The van der Waals surface area contributed by atoms with E-state index in [9.17, 15) is 24.4 Å². The predicted octanol–water partition coefficient (Wildman–Crippen LogP) is 2.38. The minimum Gasteiger partial charge on any atom is -0.444 e. The molecule has 0 spiro atoms. The first kappa shape index (κ1) is 29.4. The lowest BCUT2D eigenvalue weighted by Gasteiger charge is -2.33. The maximum Gasteiger partial charge on any atom is 0.408 e. The van der Waals surface area contributed by atoms with Gasteiger partial charge in [0, 0.05) is 12.5 Å². The highest BCUT2D eigenvalue weighted by Crippen LogP contribution is 2.25. The van der Waals surface area contributed by atoms with Crippen LogP contribution in [-0.2, 0) is 19.1 Å². The zero-order valence-electron chi connectivity index (χ0n) is 21.6. The van der Waals surface area contributed by atoms with Crippen molar-refractivity contribution >= 4 is 23.8 Å². The van der Waals surface area contributed by atoms with E-state index in [-0.39, 0.29) is 18.9 Å². The lowest BCUT2D eigenvalue weighted by atomic mass is 9.97. The predicted molar refractivity (Wildman–Crippen MR) is 131 cm³/mol. The highest BCUT2D eigenvalue weighted by Gasteiger charge is 2.36. The Hall–Kier alpha value is -3.61. The van der Waals surface area contributed by atoms with Crippen molar-refractivity contribution < 1.29 is 23.9 Å². The number of primary amides is 1. The quantitative estimate of drug-likeness (QED) is 0.430. The number of carbonyl (C=O) groups is 4. The molecule has 0 aliphatic rings. The van der Waals surface area contributed by atoms with E-state index in [1.165, 1.54) is 0 Å². The van der Waals surface area contributed by atoms with Gasteiger partial charge in [-0.1, -0.05) is 18.2 Å². The molecular weight excluding hydrogens is 450 g/mol. The first-order valence-electron chi connectivity index (χ1n) is 11.5. The summed E-state index contributed by atoms with van der Waals surface area (Å²) in [6, 6.07) is 4.68. The van der Waals surface area contributed by atoms with Crippen molar-refractivity contribution in [1.29, 1.82) is 5.26 Å².